The van der Waals surface area contributed by atoms with Crippen LogP contribution in [0.3, 0.4) is 0 Å². The van der Waals surface area contributed by atoms with Crippen molar-refractivity contribution in [2.24, 2.45) is 5.41 Å². The molecule has 1 saturated heterocycles. The molecule has 2 aliphatic rings. The third kappa shape index (κ3) is 3.13. The van der Waals surface area contributed by atoms with Crippen molar-refractivity contribution in [1.29, 1.82) is 0 Å². The molecule has 0 N–H and O–H groups in total. The van der Waals surface area contributed by atoms with E-state index in [4.69, 9.17) is 9.15 Å². The second-order valence-corrected chi connectivity index (χ2v) is 8.73. The Labute approximate surface area is 165 Å². The minimum absolute atomic E-state index is 0.00345. The fourth-order valence-corrected chi connectivity index (χ4v) is 4.62. The van der Waals surface area contributed by atoms with E-state index in [9.17, 15) is 9.59 Å². The Hall–Kier alpha value is -2.56. The summed E-state index contributed by atoms with van der Waals surface area (Å²) in [5.74, 6) is 1.74. The van der Waals surface area contributed by atoms with Gasteiger partial charge in [-0.2, -0.15) is 0 Å². The number of Topliss-reactive ketones (excluding diaryl/α,β-unsaturated/α-hetero) is 1. The zero-order valence-corrected chi connectivity index (χ0v) is 17.0. The average molecular weight is 381 g/mol. The van der Waals surface area contributed by atoms with Crippen LogP contribution in [0.1, 0.15) is 77.0 Å². The van der Waals surface area contributed by atoms with E-state index >= 15 is 0 Å². The third-order valence-corrected chi connectivity index (χ3v) is 5.96. The largest absolute Gasteiger partial charge is 0.497 e. The molecule has 0 bridgehead atoms. The number of carbonyl (C=O) groups is 2. The Kier molecular flexibility index (Phi) is 4.56. The van der Waals surface area contributed by atoms with Crippen molar-refractivity contribution in [3.05, 3.63) is 52.5 Å². The first-order valence-corrected chi connectivity index (χ1v) is 9.91. The SMILES string of the molecule is COc1cccc(C2CCCN2C(=O)c2oc3c(c2C)C(=O)CC(C)(C)C3)c1. The Bertz CT molecular complexity index is 940. The molecule has 5 nitrogen and oxygen atoms in total. The molecule has 1 atom stereocenters. The van der Waals surface area contributed by atoms with E-state index in [2.05, 4.69) is 13.8 Å². The number of ether oxygens (including phenoxy) is 1. The summed E-state index contributed by atoms with van der Waals surface area (Å²) < 4.78 is 11.4. The second-order valence-electron chi connectivity index (χ2n) is 8.73. The van der Waals surface area contributed by atoms with Crippen molar-refractivity contribution >= 4 is 11.7 Å². The van der Waals surface area contributed by atoms with Crippen LogP contribution in [0.15, 0.2) is 28.7 Å². The molecule has 4 rings (SSSR count). The number of amides is 1. The quantitative estimate of drug-likeness (QED) is 0.771. The van der Waals surface area contributed by atoms with E-state index in [1.807, 2.05) is 36.1 Å². The number of hydrogen-bond acceptors (Lipinski definition) is 4. The Balaban J connectivity index is 1.67. The summed E-state index contributed by atoms with van der Waals surface area (Å²) in [5, 5.41) is 0. The molecule has 0 spiro atoms. The van der Waals surface area contributed by atoms with E-state index in [1.165, 1.54) is 0 Å². The minimum Gasteiger partial charge on any atom is -0.497 e. The van der Waals surface area contributed by atoms with Crippen molar-refractivity contribution in [1.82, 2.24) is 4.90 Å². The van der Waals surface area contributed by atoms with Crippen molar-refractivity contribution in [2.45, 2.75) is 52.5 Å². The highest BCUT2D eigenvalue weighted by Gasteiger charge is 2.39. The van der Waals surface area contributed by atoms with Gasteiger partial charge in [0, 0.05) is 24.9 Å². The van der Waals surface area contributed by atoms with Gasteiger partial charge >= 0.3 is 0 Å². The van der Waals surface area contributed by atoms with Gasteiger partial charge in [0.25, 0.3) is 5.91 Å². The van der Waals surface area contributed by atoms with Crippen LogP contribution in [-0.2, 0) is 6.42 Å². The maximum Gasteiger partial charge on any atom is 0.290 e. The number of hydrogen-bond donors (Lipinski definition) is 0. The predicted octanol–water partition coefficient (Wildman–Crippen LogP) is 4.73. The molecule has 1 aliphatic carbocycles. The standard InChI is InChI=1S/C23H27NO4/c1-14-20-18(25)12-23(2,3)13-19(20)28-21(14)22(26)24-10-6-9-17(24)15-7-5-8-16(11-15)27-4/h5,7-8,11,17H,6,9-10,12-13H2,1-4H3. The lowest BCUT2D eigenvalue weighted by Gasteiger charge is -2.27. The average Bonchev–Trinajstić information content (AvgIpc) is 3.25. The lowest BCUT2D eigenvalue weighted by atomic mass is 9.76. The van der Waals surface area contributed by atoms with Crippen LogP contribution in [-0.4, -0.2) is 30.2 Å². The molecule has 5 heteroatoms. The van der Waals surface area contributed by atoms with Gasteiger partial charge in [0.15, 0.2) is 11.5 Å². The summed E-state index contributed by atoms with van der Waals surface area (Å²) in [6.45, 7) is 6.65. The van der Waals surface area contributed by atoms with Gasteiger partial charge in [-0.3, -0.25) is 9.59 Å². The van der Waals surface area contributed by atoms with Crippen LogP contribution < -0.4 is 4.74 Å². The fourth-order valence-electron chi connectivity index (χ4n) is 4.62. The summed E-state index contributed by atoms with van der Waals surface area (Å²) >= 11 is 0. The molecule has 1 fully saturated rings. The third-order valence-electron chi connectivity index (χ3n) is 5.96. The summed E-state index contributed by atoms with van der Waals surface area (Å²) in [4.78, 5) is 27.9. The number of ketones is 1. The molecule has 2 aromatic rings. The molecule has 0 saturated carbocycles. The van der Waals surface area contributed by atoms with Gasteiger partial charge in [-0.05, 0) is 42.9 Å². The lowest BCUT2D eigenvalue weighted by molar-refractivity contribution is 0.0697. The minimum atomic E-state index is -0.133. The van der Waals surface area contributed by atoms with Gasteiger partial charge in [-0.25, -0.2) is 0 Å². The highest BCUT2D eigenvalue weighted by molar-refractivity contribution is 6.04. The van der Waals surface area contributed by atoms with Gasteiger partial charge in [0.1, 0.15) is 11.5 Å². The normalized spacial score (nSPS) is 20.9. The van der Waals surface area contributed by atoms with Crippen molar-refractivity contribution < 1.29 is 18.7 Å². The number of furan rings is 1. The topological polar surface area (TPSA) is 59.8 Å². The highest BCUT2D eigenvalue weighted by atomic mass is 16.5. The summed E-state index contributed by atoms with van der Waals surface area (Å²) in [6.07, 6.45) is 3.02. The van der Waals surface area contributed by atoms with Gasteiger partial charge < -0.3 is 14.1 Å². The zero-order valence-electron chi connectivity index (χ0n) is 17.0. The van der Waals surface area contributed by atoms with Crippen LogP contribution in [0.25, 0.3) is 0 Å². The van der Waals surface area contributed by atoms with Gasteiger partial charge in [0.2, 0.25) is 0 Å². The molecule has 148 valence electrons. The number of carbonyl (C=O) groups excluding carboxylic acids is 2. The molecule has 28 heavy (non-hydrogen) atoms. The van der Waals surface area contributed by atoms with E-state index < -0.39 is 0 Å². The predicted molar refractivity (Wildman–Crippen MR) is 106 cm³/mol. The maximum absolute atomic E-state index is 13.4. The Morgan fingerprint density at radius 2 is 2.07 bits per heavy atom. The second kappa shape index (κ2) is 6.80. The summed E-state index contributed by atoms with van der Waals surface area (Å²) in [5.41, 5.74) is 2.25. The first-order chi connectivity index (χ1) is 13.3. The number of likely N-dealkylation sites (tertiary alicyclic amines) is 1. The summed E-state index contributed by atoms with van der Waals surface area (Å²) in [6, 6.07) is 7.87. The Morgan fingerprint density at radius 3 is 2.82 bits per heavy atom. The molecule has 1 aromatic carbocycles. The summed E-state index contributed by atoms with van der Waals surface area (Å²) in [7, 11) is 1.64. The van der Waals surface area contributed by atoms with Gasteiger partial charge in [-0.15, -0.1) is 0 Å². The first kappa shape index (κ1) is 18.8. The molecule has 0 radical (unpaired) electrons. The van der Waals surface area contributed by atoms with Crippen LogP contribution >= 0.6 is 0 Å². The van der Waals surface area contributed by atoms with Crippen molar-refractivity contribution in [3.8, 4) is 5.75 Å². The van der Waals surface area contributed by atoms with Gasteiger partial charge in [0.05, 0.1) is 18.7 Å². The van der Waals surface area contributed by atoms with Crippen molar-refractivity contribution in [2.75, 3.05) is 13.7 Å². The number of rotatable bonds is 3. The number of benzene rings is 1. The molecular formula is C23H27NO4. The number of fused-ring (bicyclic) bond motifs is 1. The van der Waals surface area contributed by atoms with Crippen LogP contribution in [0, 0.1) is 12.3 Å². The smallest absolute Gasteiger partial charge is 0.290 e. The fraction of sp³-hybridized carbons (Fsp3) is 0.478. The molecule has 1 aliphatic heterocycles. The molecule has 2 heterocycles. The molecule has 1 unspecified atom stereocenters. The zero-order chi connectivity index (χ0) is 20.1. The maximum atomic E-state index is 13.4. The van der Waals surface area contributed by atoms with Crippen LogP contribution in [0.4, 0.5) is 0 Å². The molecular weight excluding hydrogens is 354 g/mol. The van der Waals surface area contributed by atoms with E-state index in [1.54, 1.807) is 7.11 Å². The van der Waals surface area contributed by atoms with Crippen LogP contribution in [0.5, 0.6) is 5.75 Å². The van der Waals surface area contributed by atoms with Crippen molar-refractivity contribution in [3.63, 3.8) is 0 Å². The van der Waals surface area contributed by atoms with E-state index in [0.29, 0.717) is 42.0 Å². The van der Waals surface area contributed by atoms with E-state index in [0.717, 1.165) is 24.2 Å². The van der Waals surface area contributed by atoms with Gasteiger partial charge in [-0.1, -0.05) is 26.0 Å². The number of methoxy groups -OCH3 is 1. The van der Waals surface area contributed by atoms with Crippen LogP contribution in [0.2, 0.25) is 0 Å². The van der Waals surface area contributed by atoms with E-state index in [-0.39, 0.29) is 23.1 Å². The first-order valence-electron chi connectivity index (χ1n) is 9.91. The Morgan fingerprint density at radius 1 is 1.29 bits per heavy atom. The highest BCUT2D eigenvalue weighted by Crippen LogP contribution is 2.40. The molecule has 1 amide bonds. The molecule has 1 aromatic heterocycles. The lowest BCUT2D eigenvalue weighted by Crippen LogP contribution is -2.30. The monoisotopic (exact) mass is 381 g/mol. The number of nitrogens with zero attached hydrogens (tertiary/aromatic N) is 1.